The Morgan fingerprint density at radius 3 is 2.83 bits per heavy atom. The zero-order valence-corrected chi connectivity index (χ0v) is 7.88. The summed E-state index contributed by atoms with van der Waals surface area (Å²) >= 11 is 0. The number of fused-ring (bicyclic) bond motifs is 1. The Balaban J connectivity index is 2.19. The van der Waals surface area contributed by atoms with E-state index in [-0.39, 0.29) is 0 Å². The van der Waals surface area contributed by atoms with Crippen molar-refractivity contribution in [2.45, 2.75) is 32.6 Å². The summed E-state index contributed by atoms with van der Waals surface area (Å²) in [7, 11) is 0. The molecule has 0 saturated carbocycles. The summed E-state index contributed by atoms with van der Waals surface area (Å²) in [6.45, 7) is 4.65. The maximum absolute atomic E-state index is 2.36. The molecule has 1 aromatic carbocycles. The second-order valence-corrected chi connectivity index (χ2v) is 3.89. The first-order chi connectivity index (χ1) is 5.83. The lowest BCUT2D eigenvalue weighted by Crippen LogP contribution is -2.22. The van der Waals surface area contributed by atoms with Crippen LogP contribution in [0.25, 0.3) is 0 Å². The summed E-state index contributed by atoms with van der Waals surface area (Å²) in [6, 6.07) is 8.85. The maximum Gasteiger partial charge on any atom is -0.00930 e. The monoisotopic (exact) mass is 160 g/mol. The molecule has 0 nitrogen and oxygen atoms in total. The number of benzene rings is 1. The molecular weight excluding hydrogens is 144 g/mol. The van der Waals surface area contributed by atoms with E-state index >= 15 is 0 Å². The number of hydrogen-bond donors (Lipinski definition) is 0. The molecule has 0 aliphatic heterocycles. The van der Waals surface area contributed by atoms with E-state index in [9.17, 15) is 0 Å². The fraction of sp³-hybridized carbons (Fsp3) is 0.500. The molecular formula is C12H16. The van der Waals surface area contributed by atoms with Gasteiger partial charge in [-0.3, -0.25) is 0 Å². The van der Waals surface area contributed by atoms with Crippen molar-refractivity contribution < 1.29 is 0 Å². The largest absolute Gasteiger partial charge is 0.0651 e. The smallest absolute Gasteiger partial charge is 0.00930 e. The van der Waals surface area contributed by atoms with Crippen LogP contribution in [0.3, 0.4) is 0 Å². The molecule has 0 saturated heterocycles. The molecule has 0 fully saturated rings. The topological polar surface area (TPSA) is 0 Å². The van der Waals surface area contributed by atoms with Crippen molar-refractivity contribution in [2.75, 3.05) is 0 Å². The normalized spacial score (nSPS) is 22.7. The summed E-state index contributed by atoms with van der Waals surface area (Å²) in [5.41, 5.74) is 3.18. The molecule has 1 aliphatic rings. The van der Waals surface area contributed by atoms with Gasteiger partial charge in [0.25, 0.3) is 0 Å². The van der Waals surface area contributed by atoms with Crippen LogP contribution in [0, 0.1) is 5.92 Å². The maximum atomic E-state index is 2.36. The van der Waals surface area contributed by atoms with Crippen molar-refractivity contribution in [3.8, 4) is 0 Å². The van der Waals surface area contributed by atoms with Gasteiger partial charge in [0.2, 0.25) is 0 Å². The molecule has 0 N–H and O–H groups in total. The minimum atomic E-state index is 0.853. The molecule has 0 bridgehead atoms. The number of rotatable bonds is 2. The van der Waals surface area contributed by atoms with Gasteiger partial charge in [0.1, 0.15) is 0 Å². The first-order valence-electron chi connectivity index (χ1n) is 4.90. The molecule has 2 atom stereocenters. The number of hydrogen-bond acceptors (Lipinski definition) is 0. The van der Waals surface area contributed by atoms with E-state index in [1.165, 1.54) is 12.8 Å². The van der Waals surface area contributed by atoms with Gasteiger partial charge in [0.05, 0.1) is 0 Å². The molecule has 12 heavy (non-hydrogen) atoms. The highest BCUT2D eigenvalue weighted by molar-refractivity contribution is 5.40. The summed E-state index contributed by atoms with van der Waals surface area (Å²) in [6.07, 6.45) is 2.62. The van der Waals surface area contributed by atoms with Gasteiger partial charge < -0.3 is 0 Å². The zero-order valence-electron chi connectivity index (χ0n) is 7.88. The van der Waals surface area contributed by atoms with Crippen molar-refractivity contribution in [1.82, 2.24) is 0 Å². The predicted octanol–water partition coefficient (Wildman–Crippen LogP) is 3.37. The van der Waals surface area contributed by atoms with E-state index in [1.807, 2.05) is 0 Å². The molecule has 0 spiro atoms. The summed E-state index contributed by atoms with van der Waals surface area (Å²) in [5.74, 6) is 1.71. The molecule has 0 heterocycles. The second kappa shape index (κ2) is 2.93. The van der Waals surface area contributed by atoms with E-state index < -0.39 is 0 Å². The van der Waals surface area contributed by atoms with Gasteiger partial charge in [0, 0.05) is 0 Å². The Morgan fingerprint density at radius 2 is 2.17 bits per heavy atom. The standard InChI is InChI=1S/C12H16/c1-3-9(2)12-8-10-6-4-5-7-11(10)12/h4-7,9,12H,3,8H2,1-2H3. The third-order valence-electron chi connectivity index (χ3n) is 3.23. The highest BCUT2D eigenvalue weighted by Gasteiger charge is 2.28. The first kappa shape index (κ1) is 7.85. The molecule has 2 unspecified atom stereocenters. The Hall–Kier alpha value is -0.780. The molecule has 64 valence electrons. The molecule has 2 rings (SSSR count). The zero-order chi connectivity index (χ0) is 8.55. The van der Waals surface area contributed by atoms with Crippen molar-refractivity contribution in [1.29, 1.82) is 0 Å². The molecule has 0 radical (unpaired) electrons. The van der Waals surface area contributed by atoms with Crippen LogP contribution in [0.5, 0.6) is 0 Å². The lowest BCUT2D eigenvalue weighted by Gasteiger charge is -2.34. The van der Waals surface area contributed by atoms with Gasteiger partial charge >= 0.3 is 0 Å². The molecule has 1 aromatic rings. The van der Waals surface area contributed by atoms with Crippen molar-refractivity contribution in [3.63, 3.8) is 0 Å². The Kier molecular flexibility index (Phi) is 1.92. The molecule has 0 amide bonds. The Morgan fingerprint density at radius 1 is 1.42 bits per heavy atom. The van der Waals surface area contributed by atoms with Gasteiger partial charge in [-0.15, -0.1) is 0 Å². The van der Waals surface area contributed by atoms with Crippen LogP contribution in [0.2, 0.25) is 0 Å². The SMILES string of the molecule is CCC(C)C1Cc2ccccc21. The fourth-order valence-corrected chi connectivity index (χ4v) is 2.09. The van der Waals surface area contributed by atoms with Crippen LogP contribution in [0.1, 0.15) is 37.3 Å². The van der Waals surface area contributed by atoms with Crippen LogP contribution < -0.4 is 0 Å². The summed E-state index contributed by atoms with van der Waals surface area (Å²) in [5, 5.41) is 0. The molecule has 0 aromatic heterocycles. The second-order valence-electron chi connectivity index (χ2n) is 3.89. The first-order valence-corrected chi connectivity index (χ1v) is 4.90. The average Bonchev–Trinajstić information content (AvgIpc) is 2.07. The molecule has 0 heteroatoms. The lowest BCUT2D eigenvalue weighted by molar-refractivity contribution is 0.407. The van der Waals surface area contributed by atoms with Crippen molar-refractivity contribution >= 4 is 0 Å². The van der Waals surface area contributed by atoms with Gasteiger partial charge in [-0.1, -0.05) is 44.5 Å². The van der Waals surface area contributed by atoms with E-state index in [0.717, 1.165) is 11.8 Å². The fourth-order valence-electron chi connectivity index (χ4n) is 2.09. The van der Waals surface area contributed by atoms with Crippen molar-refractivity contribution in [3.05, 3.63) is 35.4 Å². The summed E-state index contributed by atoms with van der Waals surface area (Å²) in [4.78, 5) is 0. The Bertz CT molecular complexity index is 275. The highest BCUT2D eigenvalue weighted by atomic mass is 14.3. The van der Waals surface area contributed by atoms with E-state index in [0.29, 0.717) is 0 Å². The minimum Gasteiger partial charge on any atom is -0.0651 e. The lowest BCUT2D eigenvalue weighted by atomic mass is 9.70. The van der Waals surface area contributed by atoms with E-state index in [4.69, 9.17) is 0 Å². The Labute approximate surface area is 74.6 Å². The quantitative estimate of drug-likeness (QED) is 0.622. The van der Waals surface area contributed by atoms with Gasteiger partial charge in [-0.05, 0) is 29.4 Å². The van der Waals surface area contributed by atoms with Crippen LogP contribution in [-0.4, -0.2) is 0 Å². The van der Waals surface area contributed by atoms with Crippen LogP contribution in [0.4, 0.5) is 0 Å². The van der Waals surface area contributed by atoms with Gasteiger partial charge in [-0.2, -0.15) is 0 Å². The molecule has 1 aliphatic carbocycles. The van der Waals surface area contributed by atoms with Crippen LogP contribution in [0.15, 0.2) is 24.3 Å². The highest BCUT2D eigenvalue weighted by Crippen LogP contribution is 2.40. The van der Waals surface area contributed by atoms with E-state index in [1.54, 1.807) is 11.1 Å². The summed E-state index contributed by atoms with van der Waals surface area (Å²) < 4.78 is 0. The third-order valence-corrected chi connectivity index (χ3v) is 3.23. The van der Waals surface area contributed by atoms with E-state index in [2.05, 4.69) is 38.1 Å². The van der Waals surface area contributed by atoms with Crippen molar-refractivity contribution in [2.24, 2.45) is 5.92 Å². The van der Waals surface area contributed by atoms with Gasteiger partial charge in [0.15, 0.2) is 0 Å². The van der Waals surface area contributed by atoms with Crippen LogP contribution in [-0.2, 0) is 6.42 Å². The van der Waals surface area contributed by atoms with Gasteiger partial charge in [-0.25, -0.2) is 0 Å². The average molecular weight is 160 g/mol. The third kappa shape index (κ3) is 1.06. The predicted molar refractivity (Wildman–Crippen MR) is 52.3 cm³/mol. The van der Waals surface area contributed by atoms with Crippen LogP contribution >= 0.6 is 0 Å². The minimum absolute atomic E-state index is 0.853.